The van der Waals surface area contributed by atoms with Crippen LogP contribution in [0.1, 0.15) is 45.7 Å². The number of carbonyl (C=O) groups is 1. The van der Waals surface area contributed by atoms with Crippen molar-refractivity contribution in [2.45, 2.75) is 47.5 Å². The molecule has 0 unspecified atom stereocenters. The fourth-order valence-corrected chi connectivity index (χ4v) is 2.20. The Kier molecular flexibility index (Phi) is 6.40. The molecule has 0 bridgehead atoms. The standard InChI is InChI=1S/C17H26N2O2/c1-11(2)6-14-8-15(7-12(3)4)10-16(9-14)19-18-13(5)17(20)21/h8-12,19H,6-7H2,1-5H3,(H,20,21). The lowest BCUT2D eigenvalue weighted by molar-refractivity contribution is -0.129. The normalized spacial score (nSPS) is 12.0. The Hall–Kier alpha value is -1.84. The maximum absolute atomic E-state index is 10.8. The third-order valence-electron chi connectivity index (χ3n) is 3.00. The van der Waals surface area contributed by atoms with E-state index in [0.29, 0.717) is 11.8 Å². The van der Waals surface area contributed by atoms with E-state index in [1.54, 1.807) is 0 Å². The average molecular weight is 290 g/mol. The van der Waals surface area contributed by atoms with Crippen LogP contribution in [0.5, 0.6) is 0 Å². The number of hydrogen-bond donors (Lipinski definition) is 2. The van der Waals surface area contributed by atoms with Crippen molar-refractivity contribution in [2.24, 2.45) is 16.9 Å². The summed E-state index contributed by atoms with van der Waals surface area (Å²) in [7, 11) is 0. The van der Waals surface area contributed by atoms with E-state index in [9.17, 15) is 4.79 Å². The van der Waals surface area contributed by atoms with Gasteiger partial charge in [-0.05, 0) is 54.9 Å². The number of nitrogens with one attached hydrogen (secondary N) is 1. The summed E-state index contributed by atoms with van der Waals surface area (Å²) in [5.41, 5.74) is 6.28. The van der Waals surface area contributed by atoms with Gasteiger partial charge in [0.1, 0.15) is 5.71 Å². The summed E-state index contributed by atoms with van der Waals surface area (Å²) >= 11 is 0. The second-order valence-corrected chi connectivity index (χ2v) is 6.35. The van der Waals surface area contributed by atoms with Gasteiger partial charge in [0.05, 0.1) is 5.69 Å². The highest BCUT2D eigenvalue weighted by Gasteiger charge is 2.06. The number of rotatable bonds is 7. The zero-order valence-corrected chi connectivity index (χ0v) is 13.6. The molecule has 0 spiro atoms. The molecule has 0 fully saturated rings. The van der Waals surface area contributed by atoms with E-state index in [1.807, 2.05) is 12.1 Å². The lowest BCUT2D eigenvalue weighted by Gasteiger charge is -2.12. The maximum Gasteiger partial charge on any atom is 0.351 e. The minimum Gasteiger partial charge on any atom is -0.477 e. The van der Waals surface area contributed by atoms with E-state index in [1.165, 1.54) is 18.1 Å². The van der Waals surface area contributed by atoms with Crippen molar-refractivity contribution in [2.75, 3.05) is 5.43 Å². The fourth-order valence-electron chi connectivity index (χ4n) is 2.20. The molecule has 0 saturated heterocycles. The summed E-state index contributed by atoms with van der Waals surface area (Å²) in [5.74, 6) is 0.149. The molecule has 1 aromatic rings. The molecule has 0 aromatic heterocycles. The Morgan fingerprint density at radius 3 is 1.95 bits per heavy atom. The molecule has 0 atom stereocenters. The van der Waals surface area contributed by atoms with Crippen LogP contribution < -0.4 is 5.43 Å². The second kappa shape index (κ2) is 7.81. The van der Waals surface area contributed by atoms with Crippen LogP contribution in [-0.2, 0) is 17.6 Å². The number of carboxylic acid groups (broad SMARTS) is 1. The van der Waals surface area contributed by atoms with Crippen molar-refractivity contribution in [1.29, 1.82) is 0 Å². The van der Waals surface area contributed by atoms with Crippen LogP contribution in [0.4, 0.5) is 5.69 Å². The molecule has 0 aliphatic rings. The molecule has 0 aliphatic heterocycles. The monoisotopic (exact) mass is 290 g/mol. The quantitative estimate of drug-likeness (QED) is 0.590. The molecule has 1 aromatic carbocycles. The number of aliphatic carboxylic acids is 1. The molecule has 0 radical (unpaired) electrons. The molecule has 0 heterocycles. The van der Waals surface area contributed by atoms with E-state index < -0.39 is 5.97 Å². The van der Waals surface area contributed by atoms with Gasteiger partial charge in [-0.1, -0.05) is 33.8 Å². The number of hydrazone groups is 1. The first-order valence-electron chi connectivity index (χ1n) is 7.44. The summed E-state index contributed by atoms with van der Waals surface area (Å²) in [5, 5.41) is 12.7. The fraction of sp³-hybridized carbons (Fsp3) is 0.529. The predicted molar refractivity (Wildman–Crippen MR) is 87.9 cm³/mol. The molecular formula is C17H26N2O2. The SMILES string of the molecule is CC(=NNc1cc(CC(C)C)cc(CC(C)C)c1)C(=O)O. The summed E-state index contributed by atoms with van der Waals surface area (Å²) in [4.78, 5) is 10.8. The summed E-state index contributed by atoms with van der Waals surface area (Å²) in [6, 6.07) is 6.32. The van der Waals surface area contributed by atoms with Crippen LogP contribution >= 0.6 is 0 Å². The van der Waals surface area contributed by atoms with Gasteiger partial charge >= 0.3 is 5.97 Å². The van der Waals surface area contributed by atoms with Crippen LogP contribution in [0.25, 0.3) is 0 Å². The highest BCUT2D eigenvalue weighted by molar-refractivity contribution is 6.34. The molecule has 4 nitrogen and oxygen atoms in total. The highest BCUT2D eigenvalue weighted by atomic mass is 16.4. The molecule has 2 N–H and O–H groups in total. The molecule has 0 saturated carbocycles. The average Bonchev–Trinajstić information content (AvgIpc) is 2.33. The molecule has 21 heavy (non-hydrogen) atoms. The Labute approximate surface area is 127 Å². The van der Waals surface area contributed by atoms with Crippen LogP contribution in [0, 0.1) is 11.8 Å². The molecule has 0 aliphatic carbocycles. The minimum absolute atomic E-state index is 0.0506. The van der Waals surface area contributed by atoms with Crippen molar-refractivity contribution in [1.82, 2.24) is 0 Å². The third-order valence-corrected chi connectivity index (χ3v) is 3.00. The van der Waals surface area contributed by atoms with Gasteiger partial charge in [-0.15, -0.1) is 0 Å². The molecule has 0 amide bonds. The van der Waals surface area contributed by atoms with Gasteiger partial charge in [-0.3, -0.25) is 5.43 Å². The van der Waals surface area contributed by atoms with Crippen LogP contribution in [-0.4, -0.2) is 16.8 Å². The first-order chi connectivity index (χ1) is 9.77. The zero-order valence-electron chi connectivity index (χ0n) is 13.6. The van der Waals surface area contributed by atoms with Crippen molar-refractivity contribution in [3.05, 3.63) is 29.3 Å². The maximum atomic E-state index is 10.8. The topological polar surface area (TPSA) is 61.7 Å². The van der Waals surface area contributed by atoms with Gasteiger partial charge in [0.25, 0.3) is 0 Å². The van der Waals surface area contributed by atoms with Crippen molar-refractivity contribution in [3.63, 3.8) is 0 Å². The zero-order chi connectivity index (χ0) is 16.0. The van der Waals surface area contributed by atoms with Crippen LogP contribution in [0.2, 0.25) is 0 Å². The van der Waals surface area contributed by atoms with Crippen molar-refractivity contribution >= 4 is 17.4 Å². The minimum atomic E-state index is -1.01. The van der Waals surface area contributed by atoms with E-state index in [0.717, 1.165) is 18.5 Å². The predicted octanol–water partition coefficient (Wildman–Crippen LogP) is 3.96. The van der Waals surface area contributed by atoms with Gasteiger partial charge in [-0.2, -0.15) is 5.10 Å². The lowest BCUT2D eigenvalue weighted by atomic mass is 9.96. The second-order valence-electron chi connectivity index (χ2n) is 6.35. The Balaban J connectivity index is 3.00. The summed E-state index contributed by atoms with van der Waals surface area (Å²) < 4.78 is 0. The largest absolute Gasteiger partial charge is 0.477 e. The molecular weight excluding hydrogens is 264 g/mol. The van der Waals surface area contributed by atoms with Gasteiger partial charge in [0.2, 0.25) is 0 Å². The first-order valence-corrected chi connectivity index (χ1v) is 7.44. The number of benzene rings is 1. The van der Waals surface area contributed by atoms with E-state index in [-0.39, 0.29) is 5.71 Å². The van der Waals surface area contributed by atoms with E-state index in [2.05, 4.69) is 44.3 Å². The molecule has 116 valence electrons. The highest BCUT2D eigenvalue weighted by Crippen LogP contribution is 2.20. The van der Waals surface area contributed by atoms with Gasteiger partial charge in [-0.25, -0.2) is 4.79 Å². The lowest BCUT2D eigenvalue weighted by Crippen LogP contribution is -2.10. The Morgan fingerprint density at radius 1 is 1.10 bits per heavy atom. The van der Waals surface area contributed by atoms with Crippen LogP contribution in [0.15, 0.2) is 23.3 Å². The number of hydrogen-bond acceptors (Lipinski definition) is 3. The molecule has 1 rings (SSSR count). The van der Waals surface area contributed by atoms with Gasteiger partial charge < -0.3 is 5.11 Å². The van der Waals surface area contributed by atoms with Crippen molar-refractivity contribution < 1.29 is 9.90 Å². The molecule has 4 heteroatoms. The Bertz CT molecular complexity index is 491. The smallest absolute Gasteiger partial charge is 0.351 e. The number of nitrogens with zero attached hydrogens (tertiary/aromatic N) is 1. The van der Waals surface area contributed by atoms with Crippen LogP contribution in [0.3, 0.4) is 0 Å². The van der Waals surface area contributed by atoms with Gasteiger partial charge in [0.15, 0.2) is 0 Å². The Morgan fingerprint density at radius 2 is 1.57 bits per heavy atom. The van der Waals surface area contributed by atoms with E-state index >= 15 is 0 Å². The van der Waals surface area contributed by atoms with E-state index in [4.69, 9.17) is 5.11 Å². The summed E-state index contributed by atoms with van der Waals surface area (Å²) in [6.07, 6.45) is 2.00. The number of carboxylic acids is 1. The first kappa shape index (κ1) is 17.2. The third kappa shape index (κ3) is 6.43. The van der Waals surface area contributed by atoms with Gasteiger partial charge in [0, 0.05) is 0 Å². The summed E-state index contributed by atoms with van der Waals surface area (Å²) in [6.45, 7) is 10.2. The number of anilines is 1. The van der Waals surface area contributed by atoms with Crippen molar-refractivity contribution in [3.8, 4) is 0 Å².